The van der Waals surface area contributed by atoms with E-state index in [4.69, 9.17) is 5.26 Å². The van der Waals surface area contributed by atoms with Crippen LogP contribution in [0.3, 0.4) is 0 Å². The number of carbonyl (C=O) groups is 1. The summed E-state index contributed by atoms with van der Waals surface area (Å²) in [7, 11) is 0. The molecule has 140 valence electrons. The summed E-state index contributed by atoms with van der Waals surface area (Å²) in [5.74, 6) is 0.432. The lowest BCUT2D eigenvalue weighted by atomic mass is 10.1. The number of amidine groups is 1. The van der Waals surface area contributed by atoms with Crippen molar-refractivity contribution < 1.29 is 9.90 Å². The van der Waals surface area contributed by atoms with E-state index in [0.29, 0.717) is 17.1 Å². The van der Waals surface area contributed by atoms with Gasteiger partial charge in [-0.2, -0.15) is 5.26 Å². The lowest BCUT2D eigenvalue weighted by Gasteiger charge is -2.18. The number of rotatable bonds is 4. The zero-order valence-corrected chi connectivity index (χ0v) is 15.4. The average Bonchev–Trinajstić information content (AvgIpc) is 3.06. The number of nitrogens with zero attached hydrogens (tertiary/aromatic N) is 4. The first kappa shape index (κ1) is 18.1. The van der Waals surface area contributed by atoms with Gasteiger partial charge in [0.05, 0.1) is 23.9 Å². The van der Waals surface area contributed by atoms with Crippen molar-refractivity contribution in [2.45, 2.75) is 6.54 Å². The van der Waals surface area contributed by atoms with Crippen molar-refractivity contribution in [1.29, 1.82) is 5.26 Å². The highest BCUT2D eigenvalue weighted by molar-refractivity contribution is 6.19. The topological polar surface area (TPSA) is 89.6 Å². The summed E-state index contributed by atoms with van der Waals surface area (Å²) in [5, 5.41) is 18.5. The molecule has 2 aromatic carbocycles. The third-order valence-electron chi connectivity index (χ3n) is 4.46. The molecule has 0 bridgehead atoms. The Morgan fingerprint density at radius 3 is 2.45 bits per heavy atom. The van der Waals surface area contributed by atoms with Crippen LogP contribution in [0.1, 0.15) is 22.4 Å². The third-order valence-corrected chi connectivity index (χ3v) is 4.46. The average molecular weight is 380 g/mol. The molecule has 1 amide bonds. The second kappa shape index (κ2) is 7.79. The van der Waals surface area contributed by atoms with Gasteiger partial charge in [0, 0.05) is 11.8 Å². The Morgan fingerprint density at radius 2 is 1.79 bits per heavy atom. The SMILES string of the molecule is N#Cc1ccc(C2=N/C(=C/c3ccc(O)cc3)C(=O)N2Cc2ccccn2)cc1. The predicted molar refractivity (Wildman–Crippen MR) is 109 cm³/mol. The summed E-state index contributed by atoms with van der Waals surface area (Å²) in [4.78, 5) is 23.6. The molecule has 0 atom stereocenters. The number of hydrogen-bond donors (Lipinski definition) is 1. The highest BCUT2D eigenvalue weighted by atomic mass is 16.3. The molecule has 2 heterocycles. The zero-order chi connectivity index (χ0) is 20.2. The van der Waals surface area contributed by atoms with Gasteiger partial charge in [0.2, 0.25) is 0 Å². The maximum atomic E-state index is 13.1. The fourth-order valence-electron chi connectivity index (χ4n) is 2.99. The number of phenolic OH excluding ortho intramolecular Hbond substituents is 1. The lowest BCUT2D eigenvalue weighted by molar-refractivity contribution is -0.123. The second-order valence-electron chi connectivity index (χ2n) is 6.46. The number of carbonyl (C=O) groups excluding carboxylic acids is 1. The van der Waals surface area contributed by atoms with E-state index in [-0.39, 0.29) is 18.2 Å². The molecule has 0 saturated heterocycles. The number of benzene rings is 2. The van der Waals surface area contributed by atoms with Gasteiger partial charge in [-0.25, -0.2) is 4.99 Å². The molecular formula is C23H16N4O2. The first-order valence-electron chi connectivity index (χ1n) is 8.96. The fraction of sp³-hybridized carbons (Fsp3) is 0.0435. The van der Waals surface area contributed by atoms with Crippen LogP contribution >= 0.6 is 0 Å². The van der Waals surface area contributed by atoms with Crippen molar-refractivity contribution in [1.82, 2.24) is 9.88 Å². The predicted octanol–water partition coefficient (Wildman–Crippen LogP) is 3.49. The molecule has 0 fully saturated rings. The third kappa shape index (κ3) is 3.89. The molecule has 1 aliphatic rings. The van der Waals surface area contributed by atoms with Crippen molar-refractivity contribution in [3.63, 3.8) is 0 Å². The molecule has 6 heteroatoms. The van der Waals surface area contributed by atoms with Gasteiger partial charge in [-0.1, -0.05) is 18.2 Å². The smallest absolute Gasteiger partial charge is 0.278 e. The maximum absolute atomic E-state index is 13.1. The van der Waals surface area contributed by atoms with Crippen LogP contribution in [-0.2, 0) is 11.3 Å². The molecule has 0 aliphatic carbocycles. The van der Waals surface area contributed by atoms with E-state index in [1.807, 2.05) is 18.2 Å². The molecule has 0 spiro atoms. The normalized spacial score (nSPS) is 14.7. The fourth-order valence-corrected chi connectivity index (χ4v) is 2.99. The second-order valence-corrected chi connectivity index (χ2v) is 6.46. The van der Waals surface area contributed by atoms with Crippen molar-refractivity contribution in [2.75, 3.05) is 0 Å². The highest BCUT2D eigenvalue weighted by Crippen LogP contribution is 2.24. The largest absolute Gasteiger partial charge is 0.508 e. The molecule has 1 aliphatic heterocycles. The lowest BCUT2D eigenvalue weighted by Crippen LogP contribution is -2.32. The molecule has 1 N–H and O–H groups in total. The van der Waals surface area contributed by atoms with Gasteiger partial charge in [-0.05, 0) is 60.2 Å². The summed E-state index contributed by atoms with van der Waals surface area (Å²) < 4.78 is 0. The van der Waals surface area contributed by atoms with E-state index in [2.05, 4.69) is 16.0 Å². The van der Waals surface area contributed by atoms with Crippen LogP contribution < -0.4 is 0 Å². The van der Waals surface area contributed by atoms with E-state index < -0.39 is 0 Å². The van der Waals surface area contributed by atoms with Crippen LogP contribution in [0.25, 0.3) is 6.08 Å². The summed E-state index contributed by atoms with van der Waals surface area (Å²) in [6, 6.07) is 21.1. The number of amides is 1. The molecule has 1 aromatic heterocycles. The van der Waals surface area contributed by atoms with Gasteiger partial charge < -0.3 is 5.11 Å². The number of phenols is 1. The summed E-state index contributed by atoms with van der Waals surface area (Å²) in [5.41, 5.74) is 3.07. The first-order valence-corrected chi connectivity index (χ1v) is 8.96. The monoisotopic (exact) mass is 380 g/mol. The van der Waals surface area contributed by atoms with E-state index in [1.165, 1.54) is 0 Å². The number of aliphatic imine (C=N–C) groups is 1. The molecule has 29 heavy (non-hydrogen) atoms. The Hall–Kier alpha value is -4.24. The number of aromatic nitrogens is 1. The van der Waals surface area contributed by atoms with Crippen molar-refractivity contribution in [3.8, 4) is 11.8 Å². The van der Waals surface area contributed by atoms with Crippen LogP contribution in [0.5, 0.6) is 5.75 Å². The van der Waals surface area contributed by atoms with E-state index in [9.17, 15) is 9.90 Å². The first-order chi connectivity index (χ1) is 14.1. The Labute approximate surface area is 167 Å². The van der Waals surface area contributed by atoms with Gasteiger partial charge in [-0.15, -0.1) is 0 Å². The Morgan fingerprint density at radius 1 is 1.03 bits per heavy atom. The van der Waals surface area contributed by atoms with E-state index in [0.717, 1.165) is 16.8 Å². The minimum atomic E-state index is -0.233. The van der Waals surface area contributed by atoms with Crippen LogP contribution in [0.15, 0.2) is 83.6 Å². The van der Waals surface area contributed by atoms with Crippen LogP contribution in [0, 0.1) is 11.3 Å². The molecule has 3 aromatic rings. The van der Waals surface area contributed by atoms with Crippen molar-refractivity contribution in [2.24, 2.45) is 4.99 Å². The summed E-state index contributed by atoms with van der Waals surface area (Å²) >= 11 is 0. The molecule has 6 nitrogen and oxygen atoms in total. The Kier molecular flexibility index (Phi) is 4.87. The van der Waals surface area contributed by atoms with Crippen LogP contribution in [-0.4, -0.2) is 26.7 Å². The Balaban J connectivity index is 1.74. The minimum Gasteiger partial charge on any atom is -0.508 e. The van der Waals surface area contributed by atoms with Crippen molar-refractivity contribution in [3.05, 3.63) is 101 Å². The molecule has 4 rings (SSSR count). The van der Waals surface area contributed by atoms with Gasteiger partial charge in [-0.3, -0.25) is 14.7 Å². The molecule has 0 saturated carbocycles. The Bertz CT molecular complexity index is 1140. The van der Waals surface area contributed by atoms with Gasteiger partial charge in [0.25, 0.3) is 5.91 Å². The van der Waals surface area contributed by atoms with E-state index in [1.54, 1.807) is 65.7 Å². The van der Waals surface area contributed by atoms with Gasteiger partial charge in [0.15, 0.2) is 0 Å². The molecule has 0 unspecified atom stereocenters. The standard InChI is InChI=1S/C23H16N4O2/c24-14-17-4-8-18(9-5-17)22-26-21(13-16-6-10-20(28)11-7-16)23(29)27(22)15-19-3-1-2-12-25-19/h1-13,28H,15H2/b21-13+. The summed E-state index contributed by atoms with van der Waals surface area (Å²) in [6.07, 6.45) is 3.37. The highest BCUT2D eigenvalue weighted by Gasteiger charge is 2.31. The minimum absolute atomic E-state index is 0.156. The molecular weight excluding hydrogens is 364 g/mol. The quantitative estimate of drug-likeness (QED) is 0.702. The number of hydrogen-bond acceptors (Lipinski definition) is 5. The maximum Gasteiger partial charge on any atom is 0.278 e. The van der Waals surface area contributed by atoms with Crippen LogP contribution in [0.2, 0.25) is 0 Å². The van der Waals surface area contributed by atoms with Gasteiger partial charge >= 0.3 is 0 Å². The van der Waals surface area contributed by atoms with E-state index >= 15 is 0 Å². The molecule has 0 radical (unpaired) electrons. The number of pyridine rings is 1. The number of nitriles is 1. The van der Waals surface area contributed by atoms with Gasteiger partial charge in [0.1, 0.15) is 17.3 Å². The summed E-state index contributed by atoms with van der Waals surface area (Å²) in [6.45, 7) is 0.283. The van der Waals surface area contributed by atoms with Crippen molar-refractivity contribution >= 4 is 17.8 Å². The van der Waals surface area contributed by atoms with Crippen LogP contribution in [0.4, 0.5) is 0 Å². The zero-order valence-electron chi connectivity index (χ0n) is 15.4. The number of aromatic hydroxyl groups is 1.